The lowest BCUT2D eigenvalue weighted by Gasteiger charge is -2.36. The van der Waals surface area contributed by atoms with Crippen molar-refractivity contribution in [3.8, 4) is 0 Å². The molecule has 0 spiro atoms. The van der Waals surface area contributed by atoms with Gasteiger partial charge in [0.1, 0.15) is 5.60 Å². The maximum absolute atomic E-state index is 13.8. The number of ether oxygens (including phenoxy) is 3. The Morgan fingerprint density at radius 2 is 1.79 bits per heavy atom. The second-order valence-corrected chi connectivity index (χ2v) is 4.16. The first kappa shape index (κ1) is 16.0. The van der Waals surface area contributed by atoms with Crippen LogP contribution in [-0.2, 0) is 23.8 Å². The number of carbonyl (C=O) groups excluding carboxylic acids is 2. The number of hydrogen-bond donors (Lipinski definition) is 0. The molecule has 0 aromatic rings. The van der Waals surface area contributed by atoms with Crippen LogP contribution >= 0.6 is 0 Å². The monoisotopic (exact) mass is 280 g/mol. The highest BCUT2D eigenvalue weighted by Gasteiger charge is 2.58. The smallest absolute Gasteiger partial charge is 0.402 e. The molecule has 0 unspecified atom stereocenters. The Hall–Kier alpha value is -1.08. The van der Waals surface area contributed by atoms with Crippen molar-refractivity contribution in [2.24, 2.45) is 0 Å². The van der Waals surface area contributed by atoms with Gasteiger partial charge in [-0.05, 0) is 13.8 Å². The van der Waals surface area contributed by atoms with Gasteiger partial charge in [-0.3, -0.25) is 4.79 Å². The third-order valence-electron chi connectivity index (χ3n) is 2.95. The molecular weight excluding hydrogens is 262 g/mol. The Labute approximate surface area is 110 Å². The maximum Gasteiger partial charge on any atom is 0.402 e. The van der Waals surface area contributed by atoms with E-state index >= 15 is 0 Å². The SMILES string of the molecule is CCOC(=O)C(F)(F)C(=O)C1(OCC)CCOCC1. The third-order valence-corrected chi connectivity index (χ3v) is 2.95. The minimum absolute atomic E-state index is 0.00860. The van der Waals surface area contributed by atoms with E-state index in [2.05, 4.69) is 4.74 Å². The number of hydrogen-bond acceptors (Lipinski definition) is 5. The van der Waals surface area contributed by atoms with Gasteiger partial charge >= 0.3 is 11.9 Å². The van der Waals surface area contributed by atoms with Crippen LogP contribution in [0.4, 0.5) is 8.78 Å². The molecule has 0 aromatic heterocycles. The molecule has 0 atom stereocenters. The summed E-state index contributed by atoms with van der Waals surface area (Å²) in [6, 6.07) is 0. The van der Waals surface area contributed by atoms with Crippen LogP contribution in [-0.4, -0.2) is 49.7 Å². The Morgan fingerprint density at radius 1 is 1.21 bits per heavy atom. The lowest BCUT2D eigenvalue weighted by Crippen LogP contribution is -2.56. The first-order valence-corrected chi connectivity index (χ1v) is 6.22. The molecule has 1 fully saturated rings. The number of Topliss-reactive ketones (excluding diaryl/α,β-unsaturated/α-hetero) is 1. The molecule has 0 radical (unpaired) electrons. The zero-order chi connectivity index (χ0) is 14.5. The summed E-state index contributed by atoms with van der Waals surface area (Å²) in [6.07, 6.45) is 0.0172. The van der Waals surface area contributed by atoms with Gasteiger partial charge in [-0.1, -0.05) is 0 Å². The van der Waals surface area contributed by atoms with Gasteiger partial charge in [0.25, 0.3) is 0 Å². The average Bonchev–Trinajstić information content (AvgIpc) is 2.39. The molecule has 5 nitrogen and oxygen atoms in total. The molecule has 7 heteroatoms. The lowest BCUT2D eigenvalue weighted by atomic mass is 9.86. The maximum atomic E-state index is 13.8. The summed E-state index contributed by atoms with van der Waals surface area (Å²) in [7, 11) is 0. The summed E-state index contributed by atoms with van der Waals surface area (Å²) in [5.41, 5.74) is -1.66. The molecule has 0 amide bonds. The predicted octanol–water partition coefficient (Wildman–Crippen LogP) is 1.34. The van der Waals surface area contributed by atoms with Crippen molar-refractivity contribution in [3.05, 3.63) is 0 Å². The van der Waals surface area contributed by atoms with Crippen LogP contribution in [0, 0.1) is 0 Å². The molecule has 1 heterocycles. The normalized spacial score (nSPS) is 18.9. The second kappa shape index (κ2) is 6.38. The predicted molar refractivity (Wildman–Crippen MR) is 61.0 cm³/mol. The molecular formula is C12H18F2O5. The van der Waals surface area contributed by atoms with Crippen LogP contribution in [0.5, 0.6) is 0 Å². The minimum Gasteiger partial charge on any atom is -0.461 e. The molecule has 0 saturated carbocycles. The summed E-state index contributed by atoms with van der Waals surface area (Å²) in [6.45, 7) is 3.17. The fourth-order valence-corrected chi connectivity index (χ4v) is 2.01. The van der Waals surface area contributed by atoms with E-state index in [4.69, 9.17) is 9.47 Å². The first-order chi connectivity index (χ1) is 8.90. The zero-order valence-electron chi connectivity index (χ0n) is 11.0. The largest absolute Gasteiger partial charge is 0.461 e. The molecule has 1 aliphatic rings. The van der Waals surface area contributed by atoms with Gasteiger partial charge in [0.05, 0.1) is 6.61 Å². The summed E-state index contributed by atoms with van der Waals surface area (Å²) in [5.74, 6) is -7.56. The molecule has 19 heavy (non-hydrogen) atoms. The van der Waals surface area contributed by atoms with Crippen LogP contribution in [0.15, 0.2) is 0 Å². The quantitative estimate of drug-likeness (QED) is 0.543. The van der Waals surface area contributed by atoms with Crippen LogP contribution < -0.4 is 0 Å². The van der Waals surface area contributed by atoms with Crippen molar-refractivity contribution in [2.45, 2.75) is 38.2 Å². The van der Waals surface area contributed by atoms with Gasteiger partial charge in [-0.2, -0.15) is 8.78 Å². The molecule has 110 valence electrons. The van der Waals surface area contributed by atoms with Gasteiger partial charge in [-0.25, -0.2) is 4.79 Å². The highest BCUT2D eigenvalue weighted by atomic mass is 19.3. The molecule has 1 rings (SSSR count). The summed E-state index contributed by atoms with van der Waals surface area (Å²) >= 11 is 0. The molecule has 1 saturated heterocycles. The van der Waals surface area contributed by atoms with Gasteiger partial charge in [0.2, 0.25) is 5.78 Å². The topological polar surface area (TPSA) is 61.8 Å². The molecule has 0 aromatic carbocycles. The van der Waals surface area contributed by atoms with Gasteiger partial charge in [0, 0.05) is 32.7 Å². The Bertz CT molecular complexity index is 332. The molecule has 0 N–H and O–H groups in total. The van der Waals surface area contributed by atoms with Crippen LogP contribution in [0.1, 0.15) is 26.7 Å². The van der Waals surface area contributed by atoms with E-state index in [1.165, 1.54) is 6.92 Å². The lowest BCUT2D eigenvalue weighted by molar-refractivity contribution is -0.194. The van der Waals surface area contributed by atoms with E-state index < -0.39 is 23.3 Å². The zero-order valence-corrected chi connectivity index (χ0v) is 11.0. The van der Waals surface area contributed by atoms with E-state index in [1.54, 1.807) is 6.92 Å². The number of esters is 1. The second-order valence-electron chi connectivity index (χ2n) is 4.16. The minimum atomic E-state index is -4.19. The van der Waals surface area contributed by atoms with Crippen molar-refractivity contribution in [3.63, 3.8) is 0 Å². The molecule has 0 bridgehead atoms. The number of carbonyl (C=O) groups is 2. The van der Waals surface area contributed by atoms with E-state index in [0.717, 1.165) is 0 Å². The van der Waals surface area contributed by atoms with Gasteiger partial charge < -0.3 is 14.2 Å². The fourth-order valence-electron chi connectivity index (χ4n) is 2.01. The van der Waals surface area contributed by atoms with E-state index in [-0.39, 0.29) is 39.3 Å². The van der Waals surface area contributed by atoms with Crippen molar-refractivity contribution < 1.29 is 32.6 Å². The fraction of sp³-hybridized carbons (Fsp3) is 0.833. The Balaban J connectivity index is 2.95. The van der Waals surface area contributed by atoms with Gasteiger partial charge in [-0.15, -0.1) is 0 Å². The van der Waals surface area contributed by atoms with Crippen molar-refractivity contribution in [2.75, 3.05) is 26.4 Å². The van der Waals surface area contributed by atoms with E-state index in [9.17, 15) is 18.4 Å². The summed E-state index contributed by atoms with van der Waals surface area (Å²) in [4.78, 5) is 23.2. The van der Waals surface area contributed by atoms with Crippen LogP contribution in [0.25, 0.3) is 0 Å². The third kappa shape index (κ3) is 3.27. The molecule has 0 aliphatic carbocycles. The van der Waals surface area contributed by atoms with Gasteiger partial charge in [0.15, 0.2) is 0 Å². The van der Waals surface area contributed by atoms with Crippen molar-refractivity contribution in [1.29, 1.82) is 0 Å². The van der Waals surface area contributed by atoms with Crippen molar-refractivity contribution >= 4 is 11.8 Å². The highest BCUT2D eigenvalue weighted by Crippen LogP contribution is 2.33. The highest BCUT2D eigenvalue weighted by molar-refractivity contribution is 6.09. The summed E-state index contributed by atoms with van der Waals surface area (Å²) in [5, 5.41) is 0. The Morgan fingerprint density at radius 3 is 2.26 bits per heavy atom. The number of alkyl halides is 2. The van der Waals surface area contributed by atoms with Crippen molar-refractivity contribution in [1.82, 2.24) is 0 Å². The number of halogens is 2. The Kier molecular flexibility index (Phi) is 5.37. The average molecular weight is 280 g/mol. The number of rotatable bonds is 6. The van der Waals surface area contributed by atoms with E-state index in [1.807, 2.05) is 0 Å². The molecule has 1 aliphatic heterocycles. The summed E-state index contributed by atoms with van der Waals surface area (Å²) < 4.78 is 42.1. The first-order valence-electron chi connectivity index (χ1n) is 6.22. The van der Waals surface area contributed by atoms with Crippen LogP contribution in [0.3, 0.4) is 0 Å². The standard InChI is InChI=1S/C12H18F2O5/c1-3-18-10(16)12(13,14)9(15)11(19-4-2)5-7-17-8-6-11/h3-8H2,1-2H3. The van der Waals surface area contributed by atoms with E-state index in [0.29, 0.717) is 0 Å². The number of ketones is 1. The van der Waals surface area contributed by atoms with Crippen LogP contribution in [0.2, 0.25) is 0 Å².